The molecular formula is C22H24ClF3N6O. The van der Waals surface area contributed by atoms with E-state index in [2.05, 4.69) is 20.2 Å². The number of alkyl halides is 3. The Kier molecular flexibility index (Phi) is 7.79. The standard InChI is InChI=1S/C22H23F3N6O.ClH/c1-30-14-28-21-18(13-26)29-17(12-19(21)30)15-3-4-20(16(11-15)22(23,24)25)32-10-2-7-31-8-5-27-6-9-31;/h3-4,11-12,14,27H,2,5-10H2,1H3;1H. The fourth-order valence-corrected chi connectivity index (χ4v) is 3.80. The minimum Gasteiger partial charge on any atom is -0.493 e. The Balaban J connectivity index is 0.00000306. The van der Waals surface area contributed by atoms with E-state index in [1.54, 1.807) is 17.7 Å². The van der Waals surface area contributed by atoms with Crippen molar-refractivity contribution >= 4 is 23.4 Å². The van der Waals surface area contributed by atoms with E-state index in [0.717, 1.165) is 38.8 Å². The SMILES string of the molecule is Cl.Cn1cnc2c(C#N)nc(-c3ccc(OCCCN4CCNCC4)c(C(F)(F)F)c3)cc21. The number of pyridine rings is 1. The summed E-state index contributed by atoms with van der Waals surface area (Å²) in [5.74, 6) is -0.205. The van der Waals surface area contributed by atoms with E-state index in [0.29, 0.717) is 17.5 Å². The van der Waals surface area contributed by atoms with Gasteiger partial charge in [-0.3, -0.25) is 0 Å². The van der Waals surface area contributed by atoms with Gasteiger partial charge in [-0.15, -0.1) is 12.4 Å². The van der Waals surface area contributed by atoms with Gasteiger partial charge < -0.3 is 19.5 Å². The van der Waals surface area contributed by atoms with Crippen LogP contribution < -0.4 is 10.1 Å². The molecule has 1 aliphatic rings. The predicted octanol–water partition coefficient (Wildman–Crippen LogP) is 3.62. The molecule has 1 fully saturated rings. The maximum atomic E-state index is 13.8. The number of ether oxygens (including phenoxy) is 1. The van der Waals surface area contributed by atoms with Crippen LogP contribution in [0.1, 0.15) is 17.7 Å². The lowest BCUT2D eigenvalue weighted by molar-refractivity contribution is -0.138. The van der Waals surface area contributed by atoms with E-state index in [1.165, 1.54) is 18.5 Å². The third-order valence-electron chi connectivity index (χ3n) is 5.49. The van der Waals surface area contributed by atoms with Gasteiger partial charge in [0.1, 0.15) is 17.3 Å². The average molecular weight is 481 g/mol. The lowest BCUT2D eigenvalue weighted by Gasteiger charge is -2.27. The van der Waals surface area contributed by atoms with E-state index in [4.69, 9.17) is 4.74 Å². The van der Waals surface area contributed by atoms with Crippen LogP contribution in [0.3, 0.4) is 0 Å². The Bertz CT molecular complexity index is 1150. The number of imidazole rings is 1. The molecule has 0 radical (unpaired) electrons. The Labute approximate surface area is 195 Å². The summed E-state index contributed by atoms with van der Waals surface area (Å²) < 4.78 is 48.5. The molecular weight excluding hydrogens is 457 g/mol. The molecule has 1 N–H and O–H groups in total. The largest absolute Gasteiger partial charge is 0.493 e. The summed E-state index contributed by atoms with van der Waals surface area (Å²) in [5, 5.41) is 12.7. The third kappa shape index (κ3) is 5.55. The van der Waals surface area contributed by atoms with Gasteiger partial charge in [-0.05, 0) is 30.7 Å². The number of aryl methyl sites for hydroxylation is 1. The van der Waals surface area contributed by atoms with E-state index < -0.39 is 11.7 Å². The van der Waals surface area contributed by atoms with Crippen molar-refractivity contribution in [3.8, 4) is 23.1 Å². The molecule has 176 valence electrons. The van der Waals surface area contributed by atoms with Crippen LogP contribution in [-0.4, -0.2) is 58.8 Å². The second-order valence-corrected chi connectivity index (χ2v) is 7.69. The summed E-state index contributed by atoms with van der Waals surface area (Å²) in [6, 6.07) is 7.48. The number of nitriles is 1. The molecule has 4 rings (SSSR count). The Hall–Kier alpha value is -2.87. The lowest BCUT2D eigenvalue weighted by atomic mass is 10.1. The van der Waals surface area contributed by atoms with Crippen LogP contribution in [0.15, 0.2) is 30.6 Å². The zero-order chi connectivity index (χ0) is 22.7. The number of fused-ring (bicyclic) bond motifs is 1. The van der Waals surface area contributed by atoms with Gasteiger partial charge in [-0.2, -0.15) is 18.4 Å². The zero-order valence-corrected chi connectivity index (χ0v) is 18.8. The average Bonchev–Trinajstić information content (AvgIpc) is 3.17. The number of rotatable bonds is 6. The van der Waals surface area contributed by atoms with Crippen LogP contribution in [-0.2, 0) is 13.2 Å². The highest BCUT2D eigenvalue weighted by atomic mass is 35.5. The summed E-state index contributed by atoms with van der Waals surface area (Å²) in [5.41, 5.74) is 0.772. The molecule has 0 unspecified atom stereocenters. The number of benzene rings is 1. The van der Waals surface area contributed by atoms with Crippen molar-refractivity contribution in [1.29, 1.82) is 5.26 Å². The molecule has 0 aliphatic carbocycles. The number of halogens is 4. The molecule has 1 aliphatic heterocycles. The number of nitrogens with zero attached hydrogens (tertiary/aromatic N) is 5. The summed E-state index contributed by atoms with van der Waals surface area (Å²) in [6.07, 6.45) is -2.41. The van der Waals surface area contributed by atoms with Gasteiger partial charge in [0.05, 0.1) is 29.7 Å². The summed E-state index contributed by atoms with van der Waals surface area (Å²) >= 11 is 0. The van der Waals surface area contributed by atoms with Crippen LogP contribution in [0.2, 0.25) is 0 Å². The van der Waals surface area contributed by atoms with Gasteiger partial charge in [0, 0.05) is 45.3 Å². The predicted molar refractivity (Wildman–Crippen MR) is 120 cm³/mol. The maximum Gasteiger partial charge on any atom is 0.419 e. The Morgan fingerprint density at radius 1 is 1.21 bits per heavy atom. The molecule has 1 saturated heterocycles. The van der Waals surface area contributed by atoms with Gasteiger partial charge in [0.25, 0.3) is 0 Å². The van der Waals surface area contributed by atoms with E-state index >= 15 is 0 Å². The Morgan fingerprint density at radius 3 is 2.67 bits per heavy atom. The van der Waals surface area contributed by atoms with Gasteiger partial charge in [0.2, 0.25) is 0 Å². The minimum atomic E-state index is -4.58. The molecule has 3 aromatic rings. The first-order valence-electron chi connectivity index (χ1n) is 10.4. The molecule has 1 aromatic carbocycles. The number of aromatic nitrogens is 3. The highest BCUT2D eigenvalue weighted by Crippen LogP contribution is 2.39. The van der Waals surface area contributed by atoms with Crippen LogP contribution in [0.25, 0.3) is 22.3 Å². The fourth-order valence-electron chi connectivity index (χ4n) is 3.80. The first-order chi connectivity index (χ1) is 15.4. The van der Waals surface area contributed by atoms with Crippen LogP contribution >= 0.6 is 12.4 Å². The second-order valence-electron chi connectivity index (χ2n) is 7.69. The number of hydrogen-bond donors (Lipinski definition) is 1. The first kappa shape index (κ1) is 24.8. The molecule has 0 amide bonds. The van der Waals surface area contributed by atoms with E-state index in [1.807, 2.05) is 6.07 Å². The van der Waals surface area contributed by atoms with Gasteiger partial charge >= 0.3 is 6.18 Å². The van der Waals surface area contributed by atoms with Crippen LogP contribution in [0.4, 0.5) is 13.2 Å². The molecule has 2 aromatic heterocycles. The quantitative estimate of drug-likeness (QED) is 0.543. The molecule has 0 spiro atoms. The second kappa shape index (κ2) is 10.4. The number of nitrogens with one attached hydrogen (secondary N) is 1. The zero-order valence-electron chi connectivity index (χ0n) is 18.0. The molecule has 33 heavy (non-hydrogen) atoms. The van der Waals surface area contributed by atoms with Crippen LogP contribution in [0, 0.1) is 11.3 Å². The van der Waals surface area contributed by atoms with Crippen molar-refractivity contribution in [1.82, 2.24) is 24.8 Å². The van der Waals surface area contributed by atoms with Gasteiger partial charge in [-0.1, -0.05) is 0 Å². The van der Waals surface area contributed by atoms with E-state index in [9.17, 15) is 18.4 Å². The van der Waals surface area contributed by atoms with Crippen molar-refractivity contribution in [3.05, 3.63) is 41.9 Å². The normalized spacial score (nSPS) is 14.6. The molecule has 0 saturated carbocycles. The first-order valence-corrected chi connectivity index (χ1v) is 10.4. The van der Waals surface area contributed by atoms with Crippen molar-refractivity contribution in [2.75, 3.05) is 39.3 Å². The monoisotopic (exact) mass is 480 g/mol. The maximum absolute atomic E-state index is 13.8. The smallest absolute Gasteiger partial charge is 0.419 e. The third-order valence-corrected chi connectivity index (χ3v) is 5.49. The lowest BCUT2D eigenvalue weighted by Crippen LogP contribution is -2.44. The fraction of sp³-hybridized carbons (Fsp3) is 0.409. The van der Waals surface area contributed by atoms with E-state index in [-0.39, 0.29) is 41.7 Å². The summed E-state index contributed by atoms with van der Waals surface area (Å²) in [4.78, 5) is 10.6. The van der Waals surface area contributed by atoms with Crippen molar-refractivity contribution < 1.29 is 17.9 Å². The molecule has 0 bridgehead atoms. The minimum absolute atomic E-state index is 0. The Morgan fingerprint density at radius 2 is 1.97 bits per heavy atom. The molecule has 7 nitrogen and oxygen atoms in total. The highest BCUT2D eigenvalue weighted by molar-refractivity contribution is 5.85. The summed E-state index contributed by atoms with van der Waals surface area (Å²) in [6.45, 7) is 4.69. The molecule has 0 atom stereocenters. The van der Waals surface area contributed by atoms with Crippen LogP contribution in [0.5, 0.6) is 5.75 Å². The van der Waals surface area contributed by atoms with Crippen molar-refractivity contribution in [2.45, 2.75) is 12.6 Å². The van der Waals surface area contributed by atoms with Crippen molar-refractivity contribution in [3.63, 3.8) is 0 Å². The highest BCUT2D eigenvalue weighted by Gasteiger charge is 2.35. The molecule has 3 heterocycles. The molecule has 11 heteroatoms. The van der Waals surface area contributed by atoms with Gasteiger partial charge in [0.15, 0.2) is 5.69 Å². The van der Waals surface area contributed by atoms with Crippen molar-refractivity contribution in [2.24, 2.45) is 7.05 Å². The number of hydrogen-bond acceptors (Lipinski definition) is 6. The van der Waals surface area contributed by atoms with Gasteiger partial charge in [-0.25, -0.2) is 9.97 Å². The topological polar surface area (TPSA) is 79.0 Å². The summed E-state index contributed by atoms with van der Waals surface area (Å²) in [7, 11) is 1.75. The number of piperazine rings is 1.